The molecular formula is C18H19N5O3. The SMILES string of the molecule is Cc1cc(C(=O)Nc2ccc(NC(=O)C(C)n3cncn3)cc2)c(C)o1. The number of anilines is 2. The first kappa shape index (κ1) is 17.4. The summed E-state index contributed by atoms with van der Waals surface area (Å²) in [5, 5.41) is 9.56. The van der Waals surface area contributed by atoms with E-state index in [0.29, 0.717) is 28.5 Å². The number of rotatable bonds is 5. The van der Waals surface area contributed by atoms with E-state index in [9.17, 15) is 9.59 Å². The predicted octanol–water partition coefficient (Wildman–Crippen LogP) is 2.94. The lowest BCUT2D eigenvalue weighted by Crippen LogP contribution is -2.24. The molecule has 2 heterocycles. The summed E-state index contributed by atoms with van der Waals surface area (Å²) >= 11 is 0. The summed E-state index contributed by atoms with van der Waals surface area (Å²) in [6.07, 6.45) is 2.87. The number of aromatic nitrogens is 3. The maximum atomic E-state index is 12.3. The van der Waals surface area contributed by atoms with Crippen LogP contribution < -0.4 is 10.6 Å². The van der Waals surface area contributed by atoms with Gasteiger partial charge in [0.2, 0.25) is 5.91 Å². The van der Waals surface area contributed by atoms with E-state index in [1.807, 2.05) is 0 Å². The van der Waals surface area contributed by atoms with Crippen molar-refractivity contribution in [2.45, 2.75) is 26.8 Å². The molecule has 26 heavy (non-hydrogen) atoms. The normalized spacial score (nSPS) is 11.8. The van der Waals surface area contributed by atoms with E-state index >= 15 is 0 Å². The molecule has 2 amide bonds. The molecule has 0 saturated heterocycles. The quantitative estimate of drug-likeness (QED) is 0.734. The largest absolute Gasteiger partial charge is 0.466 e. The lowest BCUT2D eigenvalue weighted by molar-refractivity contribution is -0.119. The zero-order chi connectivity index (χ0) is 18.7. The molecule has 0 spiro atoms. The van der Waals surface area contributed by atoms with Crippen LogP contribution in [0.4, 0.5) is 11.4 Å². The maximum Gasteiger partial charge on any atom is 0.259 e. The molecule has 0 saturated carbocycles. The Kier molecular flexibility index (Phi) is 4.83. The number of hydrogen-bond acceptors (Lipinski definition) is 5. The van der Waals surface area contributed by atoms with E-state index in [4.69, 9.17) is 4.42 Å². The van der Waals surface area contributed by atoms with E-state index < -0.39 is 6.04 Å². The summed E-state index contributed by atoms with van der Waals surface area (Å²) in [5.74, 6) is 0.811. The lowest BCUT2D eigenvalue weighted by Gasteiger charge is -2.12. The van der Waals surface area contributed by atoms with Crippen molar-refractivity contribution in [3.63, 3.8) is 0 Å². The highest BCUT2D eigenvalue weighted by atomic mass is 16.3. The topological polar surface area (TPSA) is 102 Å². The van der Waals surface area contributed by atoms with Crippen LogP contribution in [0.1, 0.15) is 34.8 Å². The zero-order valence-corrected chi connectivity index (χ0v) is 14.7. The third-order valence-electron chi connectivity index (χ3n) is 3.91. The van der Waals surface area contributed by atoms with Crippen molar-refractivity contribution in [1.29, 1.82) is 0 Å². The molecule has 3 aromatic rings. The summed E-state index contributed by atoms with van der Waals surface area (Å²) in [7, 11) is 0. The summed E-state index contributed by atoms with van der Waals surface area (Å²) in [4.78, 5) is 28.3. The van der Waals surface area contributed by atoms with Gasteiger partial charge in [0.05, 0.1) is 5.56 Å². The lowest BCUT2D eigenvalue weighted by atomic mass is 10.2. The Morgan fingerprint density at radius 3 is 2.31 bits per heavy atom. The third-order valence-corrected chi connectivity index (χ3v) is 3.91. The van der Waals surface area contributed by atoms with Crippen molar-refractivity contribution >= 4 is 23.2 Å². The van der Waals surface area contributed by atoms with Gasteiger partial charge in [0.1, 0.15) is 30.2 Å². The fourth-order valence-corrected chi connectivity index (χ4v) is 2.48. The van der Waals surface area contributed by atoms with Crippen LogP contribution in [0.15, 0.2) is 47.4 Å². The average molecular weight is 353 g/mol. The smallest absolute Gasteiger partial charge is 0.259 e. The van der Waals surface area contributed by atoms with Crippen LogP contribution >= 0.6 is 0 Å². The molecule has 8 nitrogen and oxygen atoms in total. The number of aryl methyl sites for hydroxylation is 2. The van der Waals surface area contributed by atoms with Crippen LogP contribution in [0.2, 0.25) is 0 Å². The van der Waals surface area contributed by atoms with E-state index in [0.717, 1.165) is 0 Å². The number of carbonyl (C=O) groups excluding carboxylic acids is 2. The first-order valence-corrected chi connectivity index (χ1v) is 8.07. The third kappa shape index (κ3) is 3.80. The van der Waals surface area contributed by atoms with Gasteiger partial charge in [-0.25, -0.2) is 9.67 Å². The Morgan fingerprint density at radius 1 is 1.12 bits per heavy atom. The van der Waals surface area contributed by atoms with Crippen molar-refractivity contribution in [2.24, 2.45) is 0 Å². The Balaban J connectivity index is 1.62. The van der Waals surface area contributed by atoms with E-state index in [-0.39, 0.29) is 11.8 Å². The molecule has 0 aliphatic heterocycles. The maximum absolute atomic E-state index is 12.3. The summed E-state index contributed by atoms with van der Waals surface area (Å²) in [5.41, 5.74) is 1.74. The molecule has 134 valence electrons. The Bertz CT molecular complexity index is 913. The highest BCUT2D eigenvalue weighted by molar-refractivity contribution is 6.05. The number of hydrogen-bond donors (Lipinski definition) is 2. The van der Waals surface area contributed by atoms with Gasteiger partial charge in [0, 0.05) is 11.4 Å². The van der Waals surface area contributed by atoms with Gasteiger partial charge in [0.25, 0.3) is 5.91 Å². The molecule has 0 radical (unpaired) electrons. The van der Waals surface area contributed by atoms with Crippen LogP contribution in [0.5, 0.6) is 0 Å². The van der Waals surface area contributed by atoms with Crippen LogP contribution in [0.25, 0.3) is 0 Å². The summed E-state index contributed by atoms with van der Waals surface area (Å²) in [6.45, 7) is 5.27. The zero-order valence-electron chi connectivity index (χ0n) is 14.7. The van der Waals surface area contributed by atoms with Crippen LogP contribution in [-0.4, -0.2) is 26.6 Å². The second kappa shape index (κ2) is 7.22. The standard InChI is InChI=1S/C18H19N5O3/c1-11-8-16(13(3)26-11)18(25)22-15-6-4-14(5-7-15)21-17(24)12(2)23-10-19-9-20-23/h4-10,12H,1-3H3,(H,21,24)(H,22,25). The molecule has 1 unspecified atom stereocenters. The molecule has 0 aliphatic rings. The predicted molar refractivity (Wildman–Crippen MR) is 95.9 cm³/mol. The van der Waals surface area contributed by atoms with E-state index in [1.54, 1.807) is 51.1 Å². The minimum absolute atomic E-state index is 0.211. The Hall–Kier alpha value is -3.42. The second-order valence-corrected chi connectivity index (χ2v) is 5.90. The first-order valence-electron chi connectivity index (χ1n) is 8.07. The van der Waals surface area contributed by atoms with Crippen molar-refractivity contribution in [3.8, 4) is 0 Å². The van der Waals surface area contributed by atoms with E-state index in [1.165, 1.54) is 17.3 Å². The molecule has 0 bridgehead atoms. The van der Waals surface area contributed by atoms with Crippen molar-refractivity contribution in [3.05, 3.63) is 60.1 Å². The van der Waals surface area contributed by atoms with Gasteiger partial charge in [-0.1, -0.05) is 0 Å². The van der Waals surface area contributed by atoms with Gasteiger partial charge in [-0.15, -0.1) is 0 Å². The molecule has 1 atom stereocenters. The number of nitrogens with one attached hydrogen (secondary N) is 2. The number of furan rings is 1. The molecular weight excluding hydrogens is 334 g/mol. The highest BCUT2D eigenvalue weighted by Crippen LogP contribution is 2.18. The van der Waals surface area contributed by atoms with Gasteiger partial charge in [-0.3, -0.25) is 9.59 Å². The van der Waals surface area contributed by atoms with Gasteiger partial charge in [-0.2, -0.15) is 5.10 Å². The van der Waals surface area contributed by atoms with Gasteiger partial charge < -0.3 is 15.1 Å². The average Bonchev–Trinajstić information content (AvgIpc) is 3.25. The molecule has 2 aromatic heterocycles. The fraction of sp³-hybridized carbons (Fsp3) is 0.222. The summed E-state index contributed by atoms with van der Waals surface area (Å²) < 4.78 is 6.84. The van der Waals surface area contributed by atoms with Gasteiger partial charge in [0.15, 0.2) is 0 Å². The number of benzene rings is 1. The van der Waals surface area contributed by atoms with Crippen molar-refractivity contribution in [2.75, 3.05) is 10.6 Å². The molecule has 1 aromatic carbocycles. The molecule has 8 heteroatoms. The molecule has 0 aliphatic carbocycles. The van der Waals surface area contributed by atoms with Crippen LogP contribution in [-0.2, 0) is 4.79 Å². The monoisotopic (exact) mass is 353 g/mol. The van der Waals surface area contributed by atoms with Crippen LogP contribution in [0.3, 0.4) is 0 Å². The first-order chi connectivity index (χ1) is 12.4. The second-order valence-electron chi connectivity index (χ2n) is 5.90. The highest BCUT2D eigenvalue weighted by Gasteiger charge is 2.16. The molecule has 0 fully saturated rings. The molecule has 2 N–H and O–H groups in total. The molecule has 3 rings (SSSR count). The Labute approximate surface area is 150 Å². The summed E-state index contributed by atoms with van der Waals surface area (Å²) in [6, 6.07) is 8.09. The van der Waals surface area contributed by atoms with Gasteiger partial charge in [-0.05, 0) is 51.1 Å². The minimum Gasteiger partial charge on any atom is -0.466 e. The van der Waals surface area contributed by atoms with Crippen molar-refractivity contribution < 1.29 is 14.0 Å². The Morgan fingerprint density at radius 2 is 1.77 bits per heavy atom. The number of amides is 2. The number of nitrogens with zero attached hydrogens (tertiary/aromatic N) is 3. The fourth-order valence-electron chi connectivity index (χ4n) is 2.48. The van der Waals surface area contributed by atoms with Crippen molar-refractivity contribution in [1.82, 2.24) is 14.8 Å². The minimum atomic E-state index is -0.482. The number of carbonyl (C=O) groups is 2. The van der Waals surface area contributed by atoms with E-state index in [2.05, 4.69) is 20.7 Å². The van der Waals surface area contributed by atoms with Gasteiger partial charge >= 0.3 is 0 Å². The van der Waals surface area contributed by atoms with Crippen LogP contribution in [0, 0.1) is 13.8 Å².